The number of rotatable bonds is 6. The summed E-state index contributed by atoms with van der Waals surface area (Å²) in [5.74, 6) is -1.22. The smallest absolute Gasteiger partial charge is 0.223 e. The molecule has 0 spiro atoms. The van der Waals surface area contributed by atoms with E-state index in [-0.39, 0.29) is 29.9 Å². The number of benzene rings is 1. The number of hydrogen-bond acceptors (Lipinski definition) is 3. The molecule has 0 saturated heterocycles. The molecule has 1 fully saturated rings. The molecule has 1 saturated carbocycles. The van der Waals surface area contributed by atoms with Crippen molar-refractivity contribution in [3.8, 4) is 0 Å². The van der Waals surface area contributed by atoms with E-state index in [2.05, 4.69) is 10.3 Å². The summed E-state index contributed by atoms with van der Waals surface area (Å²) >= 11 is 0. The van der Waals surface area contributed by atoms with Gasteiger partial charge >= 0.3 is 0 Å². The molecule has 4 nitrogen and oxygen atoms in total. The first-order chi connectivity index (χ1) is 12.0. The second-order valence-electron chi connectivity index (χ2n) is 6.59. The third kappa shape index (κ3) is 3.85. The number of hydrogen-bond donors (Lipinski definition) is 1. The zero-order valence-corrected chi connectivity index (χ0v) is 14.2. The topological polar surface area (TPSA) is 45.2 Å². The van der Waals surface area contributed by atoms with Crippen LogP contribution in [0.2, 0.25) is 0 Å². The van der Waals surface area contributed by atoms with Crippen LogP contribution in [0.15, 0.2) is 42.7 Å². The normalized spacial score (nSPS) is 20.4. The average Bonchev–Trinajstić information content (AvgIpc) is 3.38. The van der Waals surface area contributed by atoms with E-state index in [4.69, 9.17) is 0 Å². The lowest BCUT2D eigenvalue weighted by molar-refractivity contribution is -0.122. The van der Waals surface area contributed by atoms with Gasteiger partial charge < -0.3 is 10.2 Å². The molecule has 1 amide bonds. The average molecular weight is 345 g/mol. The first-order valence-electron chi connectivity index (χ1n) is 8.27. The van der Waals surface area contributed by atoms with Crippen molar-refractivity contribution < 1.29 is 13.6 Å². The summed E-state index contributed by atoms with van der Waals surface area (Å²) in [6, 6.07) is 7.04. The van der Waals surface area contributed by atoms with E-state index in [1.54, 1.807) is 31.4 Å². The number of nitrogens with one attached hydrogen (secondary N) is 1. The van der Waals surface area contributed by atoms with Gasteiger partial charge in [0, 0.05) is 30.4 Å². The lowest BCUT2D eigenvalue weighted by Gasteiger charge is -2.26. The number of carbonyl (C=O) groups excluding carboxylic acids is 1. The Morgan fingerprint density at radius 1 is 1.28 bits per heavy atom. The van der Waals surface area contributed by atoms with Crippen molar-refractivity contribution >= 4 is 5.91 Å². The predicted octanol–water partition coefficient (Wildman–Crippen LogP) is 2.88. The number of carbonyl (C=O) groups is 1. The Kier molecular flexibility index (Phi) is 5.08. The van der Waals surface area contributed by atoms with Crippen molar-refractivity contribution in [3.63, 3.8) is 0 Å². The van der Waals surface area contributed by atoms with Crippen LogP contribution in [-0.4, -0.2) is 36.4 Å². The SMILES string of the molecule is CN(C)[C@H](CNC(=O)[C@@H]1C[C@@H]1c1cccnc1)c1c(F)cccc1F. The van der Waals surface area contributed by atoms with E-state index >= 15 is 0 Å². The van der Waals surface area contributed by atoms with E-state index in [0.717, 1.165) is 12.0 Å². The Balaban J connectivity index is 1.64. The van der Waals surface area contributed by atoms with Crippen molar-refractivity contribution in [1.82, 2.24) is 15.2 Å². The fraction of sp³-hybridized carbons (Fsp3) is 0.368. The number of pyridine rings is 1. The predicted molar refractivity (Wildman–Crippen MR) is 90.9 cm³/mol. The molecule has 1 N–H and O–H groups in total. The van der Waals surface area contributed by atoms with Crippen LogP contribution < -0.4 is 5.32 Å². The minimum Gasteiger partial charge on any atom is -0.354 e. The number of likely N-dealkylation sites (N-methyl/N-ethyl adjacent to an activating group) is 1. The van der Waals surface area contributed by atoms with Gasteiger partial charge in [-0.15, -0.1) is 0 Å². The fourth-order valence-corrected chi connectivity index (χ4v) is 3.15. The van der Waals surface area contributed by atoms with Crippen molar-refractivity contribution in [1.29, 1.82) is 0 Å². The van der Waals surface area contributed by atoms with Gasteiger partial charge in [0.1, 0.15) is 11.6 Å². The van der Waals surface area contributed by atoms with Crippen LogP contribution in [0, 0.1) is 17.6 Å². The van der Waals surface area contributed by atoms with Crippen LogP contribution >= 0.6 is 0 Å². The highest BCUT2D eigenvalue weighted by molar-refractivity contribution is 5.82. The number of aromatic nitrogens is 1. The summed E-state index contributed by atoms with van der Waals surface area (Å²) < 4.78 is 28.1. The van der Waals surface area contributed by atoms with E-state index < -0.39 is 17.7 Å². The molecule has 0 bridgehead atoms. The van der Waals surface area contributed by atoms with Gasteiger partial charge in [0.15, 0.2) is 0 Å². The highest BCUT2D eigenvalue weighted by atomic mass is 19.1. The monoisotopic (exact) mass is 345 g/mol. The highest BCUT2D eigenvalue weighted by Gasteiger charge is 2.44. The quantitative estimate of drug-likeness (QED) is 0.876. The molecule has 25 heavy (non-hydrogen) atoms. The second-order valence-corrected chi connectivity index (χ2v) is 6.59. The van der Waals surface area contributed by atoms with Crippen molar-refractivity contribution in [3.05, 3.63) is 65.5 Å². The molecule has 1 aliphatic rings. The Morgan fingerprint density at radius 2 is 2.00 bits per heavy atom. The Bertz CT molecular complexity index is 731. The molecule has 1 aromatic heterocycles. The molecule has 3 atom stereocenters. The zero-order valence-electron chi connectivity index (χ0n) is 14.2. The van der Waals surface area contributed by atoms with Crippen LogP contribution in [-0.2, 0) is 4.79 Å². The largest absolute Gasteiger partial charge is 0.354 e. The van der Waals surface area contributed by atoms with Crippen LogP contribution in [0.5, 0.6) is 0 Å². The van der Waals surface area contributed by atoms with Crippen LogP contribution in [0.3, 0.4) is 0 Å². The lowest BCUT2D eigenvalue weighted by Crippen LogP contribution is -2.36. The Hall–Kier alpha value is -2.34. The van der Waals surface area contributed by atoms with Gasteiger partial charge in [-0.25, -0.2) is 8.78 Å². The maximum Gasteiger partial charge on any atom is 0.223 e. The maximum atomic E-state index is 14.1. The summed E-state index contributed by atoms with van der Waals surface area (Å²) in [7, 11) is 3.47. The molecule has 0 unspecified atom stereocenters. The molecule has 6 heteroatoms. The summed E-state index contributed by atoms with van der Waals surface area (Å²) in [4.78, 5) is 18.2. The molecule has 0 aliphatic heterocycles. The van der Waals surface area contributed by atoms with E-state index in [9.17, 15) is 13.6 Å². The first-order valence-corrected chi connectivity index (χ1v) is 8.27. The molecular formula is C19H21F2N3O. The molecule has 1 aromatic carbocycles. The Morgan fingerprint density at radius 3 is 2.60 bits per heavy atom. The number of amides is 1. The van der Waals surface area contributed by atoms with Gasteiger partial charge in [-0.1, -0.05) is 12.1 Å². The van der Waals surface area contributed by atoms with Gasteiger partial charge in [-0.3, -0.25) is 9.78 Å². The van der Waals surface area contributed by atoms with Crippen molar-refractivity contribution in [2.45, 2.75) is 18.4 Å². The minimum atomic E-state index is -0.604. The standard InChI is InChI=1S/C19H21F2N3O/c1-24(2)17(18-15(20)6-3-7-16(18)21)11-23-19(25)14-9-13(14)12-5-4-8-22-10-12/h3-8,10,13-14,17H,9,11H2,1-2H3,(H,23,25)/t13-,14-,17-/m1/s1. The second kappa shape index (κ2) is 7.27. The van der Waals surface area contributed by atoms with Gasteiger partial charge in [0.2, 0.25) is 5.91 Å². The van der Waals surface area contributed by atoms with Crippen LogP contribution in [0.1, 0.15) is 29.5 Å². The lowest BCUT2D eigenvalue weighted by atomic mass is 10.0. The van der Waals surface area contributed by atoms with Gasteiger partial charge in [0.25, 0.3) is 0 Å². The molecule has 132 valence electrons. The number of halogens is 2. The summed E-state index contributed by atoms with van der Waals surface area (Å²) in [5, 5.41) is 2.84. The summed E-state index contributed by atoms with van der Waals surface area (Å²) in [6.45, 7) is 0.153. The summed E-state index contributed by atoms with van der Waals surface area (Å²) in [6.07, 6.45) is 4.25. The van der Waals surface area contributed by atoms with Gasteiger partial charge in [-0.05, 0) is 50.2 Å². The van der Waals surface area contributed by atoms with Gasteiger partial charge in [-0.2, -0.15) is 0 Å². The minimum absolute atomic E-state index is 0.0209. The molecular weight excluding hydrogens is 324 g/mol. The summed E-state index contributed by atoms with van der Waals surface area (Å²) in [5.41, 5.74) is 1.03. The molecule has 0 radical (unpaired) electrons. The maximum absolute atomic E-state index is 14.1. The van der Waals surface area contributed by atoms with E-state index in [1.807, 2.05) is 12.1 Å². The number of nitrogens with zero attached hydrogens (tertiary/aromatic N) is 2. The van der Waals surface area contributed by atoms with E-state index in [0.29, 0.717) is 0 Å². The van der Waals surface area contributed by atoms with Gasteiger partial charge in [0.05, 0.1) is 6.04 Å². The third-order valence-corrected chi connectivity index (χ3v) is 4.67. The molecule has 1 heterocycles. The third-order valence-electron chi connectivity index (χ3n) is 4.67. The first kappa shape index (κ1) is 17.5. The molecule has 3 rings (SSSR count). The van der Waals surface area contributed by atoms with Crippen LogP contribution in [0.25, 0.3) is 0 Å². The Labute approximate surface area is 145 Å². The molecule has 2 aromatic rings. The zero-order chi connectivity index (χ0) is 18.0. The van der Waals surface area contributed by atoms with E-state index in [1.165, 1.54) is 18.2 Å². The van der Waals surface area contributed by atoms with Crippen molar-refractivity contribution in [2.24, 2.45) is 5.92 Å². The fourth-order valence-electron chi connectivity index (χ4n) is 3.15. The highest BCUT2D eigenvalue weighted by Crippen LogP contribution is 2.47. The molecule has 1 aliphatic carbocycles. The van der Waals surface area contributed by atoms with Crippen molar-refractivity contribution in [2.75, 3.05) is 20.6 Å². The van der Waals surface area contributed by atoms with Crippen LogP contribution in [0.4, 0.5) is 8.78 Å².